The molecule has 146 valence electrons. The first kappa shape index (κ1) is 19.1. The van der Waals surface area contributed by atoms with Crippen LogP contribution in [0.1, 0.15) is 27.2 Å². The van der Waals surface area contributed by atoms with Crippen LogP contribution in [0.4, 0.5) is 4.79 Å². The van der Waals surface area contributed by atoms with Crippen molar-refractivity contribution in [3.63, 3.8) is 0 Å². The first-order valence-corrected chi connectivity index (χ1v) is 9.03. The van der Waals surface area contributed by atoms with Crippen molar-refractivity contribution in [2.75, 3.05) is 6.54 Å². The summed E-state index contributed by atoms with van der Waals surface area (Å²) < 4.78 is 4.98. The first-order chi connectivity index (χ1) is 12.7. The summed E-state index contributed by atoms with van der Waals surface area (Å²) in [6.07, 6.45) is 3.50. The van der Waals surface area contributed by atoms with Crippen LogP contribution < -0.4 is 10.6 Å². The zero-order valence-electron chi connectivity index (χ0n) is 15.4. The number of ether oxygens (including phenoxy) is 1. The minimum Gasteiger partial charge on any atom is -0.451 e. The van der Waals surface area contributed by atoms with Crippen molar-refractivity contribution < 1.29 is 28.7 Å². The minimum atomic E-state index is -1.24. The monoisotopic (exact) mass is 377 g/mol. The summed E-state index contributed by atoms with van der Waals surface area (Å²) >= 11 is 0. The van der Waals surface area contributed by atoms with Gasteiger partial charge in [0, 0.05) is 6.04 Å². The predicted molar refractivity (Wildman–Crippen MR) is 91.8 cm³/mol. The summed E-state index contributed by atoms with van der Waals surface area (Å²) in [5.74, 6) is -3.03. The van der Waals surface area contributed by atoms with Crippen molar-refractivity contribution in [3.05, 3.63) is 12.2 Å². The van der Waals surface area contributed by atoms with Gasteiger partial charge in [-0.3, -0.25) is 29.4 Å². The summed E-state index contributed by atoms with van der Waals surface area (Å²) in [6, 6.07) is -0.856. The highest BCUT2D eigenvalue weighted by Crippen LogP contribution is 2.52. The van der Waals surface area contributed by atoms with Gasteiger partial charge in [0.25, 0.3) is 5.91 Å². The molecule has 0 aromatic heterocycles. The Bertz CT molecular complexity index is 701. The summed E-state index contributed by atoms with van der Waals surface area (Å²) in [5.41, 5.74) is 0. The van der Waals surface area contributed by atoms with Crippen LogP contribution in [0.5, 0.6) is 0 Å². The minimum absolute atomic E-state index is 0.0571. The molecule has 9 nitrogen and oxygen atoms in total. The average molecular weight is 377 g/mol. The van der Waals surface area contributed by atoms with Crippen molar-refractivity contribution in [2.45, 2.75) is 39.3 Å². The molecule has 5 unspecified atom stereocenters. The lowest BCUT2D eigenvalue weighted by Gasteiger charge is -2.18. The fourth-order valence-electron chi connectivity index (χ4n) is 4.05. The molecule has 2 fully saturated rings. The van der Waals surface area contributed by atoms with Gasteiger partial charge in [0.05, 0.1) is 11.8 Å². The van der Waals surface area contributed by atoms with E-state index in [-0.39, 0.29) is 41.5 Å². The van der Waals surface area contributed by atoms with E-state index in [4.69, 9.17) is 4.74 Å². The van der Waals surface area contributed by atoms with E-state index in [1.165, 1.54) is 6.92 Å². The van der Waals surface area contributed by atoms with Gasteiger partial charge in [-0.15, -0.1) is 0 Å². The number of imide groups is 2. The SMILES string of the molecule is CC(C)NC(=O)NC(=O)C(C)OC(=O)CN1C(=O)C2C3C=CC(C3)C2C1=O. The number of carbonyl (C=O) groups is 5. The van der Waals surface area contributed by atoms with Crippen molar-refractivity contribution >= 4 is 29.7 Å². The van der Waals surface area contributed by atoms with E-state index in [0.717, 1.165) is 11.3 Å². The molecule has 2 N–H and O–H groups in total. The maximum absolute atomic E-state index is 12.5. The van der Waals surface area contributed by atoms with Crippen LogP contribution in [0.25, 0.3) is 0 Å². The fourth-order valence-corrected chi connectivity index (χ4v) is 4.05. The van der Waals surface area contributed by atoms with Gasteiger partial charge >= 0.3 is 12.0 Å². The Morgan fingerprint density at radius 3 is 2.19 bits per heavy atom. The lowest BCUT2D eigenvalue weighted by atomic mass is 9.85. The fraction of sp³-hybridized carbons (Fsp3) is 0.611. The number of allylic oxidation sites excluding steroid dienone is 2. The average Bonchev–Trinajstić information content (AvgIpc) is 3.23. The van der Waals surface area contributed by atoms with E-state index in [1.54, 1.807) is 13.8 Å². The van der Waals surface area contributed by atoms with E-state index in [0.29, 0.717) is 0 Å². The molecule has 0 spiro atoms. The lowest BCUT2D eigenvalue weighted by Crippen LogP contribution is -2.47. The Labute approximate surface area is 156 Å². The molecule has 0 aromatic rings. The normalized spacial score (nSPS) is 29.1. The van der Waals surface area contributed by atoms with Crippen molar-refractivity contribution in [2.24, 2.45) is 23.7 Å². The molecule has 3 rings (SSSR count). The van der Waals surface area contributed by atoms with E-state index in [2.05, 4.69) is 10.6 Å². The molecular formula is C18H23N3O6. The summed E-state index contributed by atoms with van der Waals surface area (Å²) in [5, 5.41) is 4.53. The molecule has 2 bridgehead atoms. The van der Waals surface area contributed by atoms with Crippen LogP contribution in [0.15, 0.2) is 12.2 Å². The number of esters is 1. The third-order valence-electron chi connectivity index (χ3n) is 5.18. The van der Waals surface area contributed by atoms with E-state index >= 15 is 0 Å². The highest BCUT2D eigenvalue weighted by Gasteiger charge is 2.59. The van der Waals surface area contributed by atoms with Crippen LogP contribution in [0, 0.1) is 23.7 Å². The van der Waals surface area contributed by atoms with Gasteiger partial charge in [-0.1, -0.05) is 12.2 Å². The summed E-state index contributed by atoms with van der Waals surface area (Å²) in [6.45, 7) is 4.24. The topological polar surface area (TPSA) is 122 Å². The molecule has 5 amide bonds. The number of likely N-dealkylation sites (tertiary alicyclic amines) is 1. The highest BCUT2D eigenvalue weighted by atomic mass is 16.5. The Hall–Kier alpha value is -2.71. The van der Waals surface area contributed by atoms with Gasteiger partial charge in [0.2, 0.25) is 11.8 Å². The zero-order chi connectivity index (χ0) is 19.9. The van der Waals surface area contributed by atoms with Crippen molar-refractivity contribution in [1.82, 2.24) is 15.5 Å². The van der Waals surface area contributed by atoms with Gasteiger partial charge in [-0.05, 0) is 39.0 Å². The second kappa shape index (κ2) is 7.13. The molecule has 2 aliphatic carbocycles. The Morgan fingerprint density at radius 2 is 1.67 bits per heavy atom. The predicted octanol–water partition coefficient (Wildman–Crippen LogP) is -0.0406. The Kier molecular flexibility index (Phi) is 5.03. The first-order valence-electron chi connectivity index (χ1n) is 9.03. The van der Waals surface area contributed by atoms with Crippen molar-refractivity contribution in [1.29, 1.82) is 0 Å². The van der Waals surface area contributed by atoms with Gasteiger partial charge in [-0.2, -0.15) is 0 Å². The van der Waals surface area contributed by atoms with Crippen LogP contribution in [0.3, 0.4) is 0 Å². The second-order valence-electron chi connectivity index (χ2n) is 7.51. The largest absolute Gasteiger partial charge is 0.451 e. The number of rotatable bonds is 5. The number of carbonyl (C=O) groups excluding carboxylic acids is 5. The molecular weight excluding hydrogens is 354 g/mol. The summed E-state index contributed by atoms with van der Waals surface area (Å²) in [4.78, 5) is 61.5. The molecule has 5 atom stereocenters. The molecule has 3 aliphatic rings. The molecule has 0 aromatic carbocycles. The number of nitrogens with one attached hydrogen (secondary N) is 2. The van der Waals surface area contributed by atoms with E-state index in [1.807, 2.05) is 12.2 Å². The number of hydrogen-bond acceptors (Lipinski definition) is 6. The number of urea groups is 1. The third kappa shape index (κ3) is 3.58. The number of amides is 5. The molecule has 1 heterocycles. The molecule has 1 saturated carbocycles. The summed E-state index contributed by atoms with van der Waals surface area (Å²) in [7, 11) is 0. The van der Waals surface area contributed by atoms with Crippen molar-refractivity contribution in [3.8, 4) is 0 Å². The maximum Gasteiger partial charge on any atom is 0.326 e. The zero-order valence-corrected chi connectivity index (χ0v) is 15.4. The van der Waals surface area contributed by atoms with Gasteiger partial charge < -0.3 is 10.1 Å². The standard InChI is InChI=1S/C18H23N3O6/c1-8(2)19-18(26)20-15(23)9(3)27-12(22)7-21-16(24)13-10-4-5-11(6-10)14(13)17(21)25/h4-5,8-11,13-14H,6-7H2,1-3H3,(H2,19,20,23,26). The van der Waals surface area contributed by atoms with E-state index < -0.39 is 30.6 Å². The molecule has 0 radical (unpaired) electrons. The number of fused-ring (bicyclic) bond motifs is 5. The third-order valence-corrected chi connectivity index (χ3v) is 5.18. The van der Waals surface area contributed by atoms with Gasteiger partial charge in [0.15, 0.2) is 6.10 Å². The maximum atomic E-state index is 12.5. The highest BCUT2D eigenvalue weighted by molar-refractivity contribution is 6.08. The Morgan fingerprint density at radius 1 is 1.11 bits per heavy atom. The van der Waals surface area contributed by atoms with Crippen LogP contribution in [0.2, 0.25) is 0 Å². The van der Waals surface area contributed by atoms with Crippen LogP contribution in [-0.4, -0.2) is 53.3 Å². The quantitative estimate of drug-likeness (QED) is 0.394. The van der Waals surface area contributed by atoms with Crippen LogP contribution in [-0.2, 0) is 23.9 Å². The molecule has 9 heteroatoms. The van der Waals surface area contributed by atoms with E-state index in [9.17, 15) is 24.0 Å². The number of nitrogens with zero attached hydrogens (tertiary/aromatic N) is 1. The van der Waals surface area contributed by atoms with Gasteiger partial charge in [0.1, 0.15) is 6.54 Å². The lowest BCUT2D eigenvalue weighted by molar-refractivity contribution is -0.159. The molecule has 27 heavy (non-hydrogen) atoms. The Balaban J connectivity index is 1.52. The second-order valence-corrected chi connectivity index (χ2v) is 7.51. The molecule has 1 aliphatic heterocycles. The molecule has 1 saturated heterocycles. The van der Waals surface area contributed by atoms with Gasteiger partial charge in [-0.25, -0.2) is 4.79 Å². The van der Waals surface area contributed by atoms with Crippen LogP contribution >= 0.6 is 0 Å². The smallest absolute Gasteiger partial charge is 0.326 e. The number of hydrogen-bond donors (Lipinski definition) is 2.